The molecular formula is C14H19N3O2S. The van der Waals surface area contributed by atoms with Gasteiger partial charge in [-0.3, -0.25) is 4.79 Å². The van der Waals surface area contributed by atoms with E-state index in [2.05, 4.69) is 15.3 Å². The third-order valence-electron chi connectivity index (χ3n) is 3.08. The summed E-state index contributed by atoms with van der Waals surface area (Å²) < 4.78 is 0. The molecule has 0 spiro atoms. The Morgan fingerprint density at radius 3 is 2.90 bits per heavy atom. The lowest BCUT2D eigenvalue weighted by atomic mass is 10.1. The second-order valence-corrected chi connectivity index (χ2v) is 6.14. The molecule has 0 aromatic carbocycles. The molecule has 0 aliphatic rings. The van der Waals surface area contributed by atoms with Crippen LogP contribution < -0.4 is 5.32 Å². The molecule has 0 radical (unpaired) electrons. The first-order valence-electron chi connectivity index (χ1n) is 6.54. The number of hydrogen-bond acceptors (Lipinski definition) is 4. The number of nitrogens with one attached hydrogen (secondary N) is 2. The fourth-order valence-electron chi connectivity index (χ4n) is 1.70. The predicted octanol–water partition coefficient (Wildman–Crippen LogP) is 2.19. The molecule has 2 aromatic heterocycles. The molecule has 3 N–H and O–H groups in total. The predicted molar refractivity (Wildman–Crippen MR) is 79.8 cm³/mol. The number of aryl methyl sites for hydroxylation is 1. The van der Waals surface area contributed by atoms with Gasteiger partial charge in [-0.1, -0.05) is 13.8 Å². The van der Waals surface area contributed by atoms with Crippen LogP contribution in [-0.2, 0) is 0 Å². The first-order valence-corrected chi connectivity index (χ1v) is 7.42. The van der Waals surface area contributed by atoms with Crippen LogP contribution in [0.5, 0.6) is 0 Å². The number of aromatic nitrogens is 2. The third-order valence-corrected chi connectivity index (χ3v) is 3.86. The maximum Gasteiger partial charge on any atom is 0.267 e. The highest BCUT2D eigenvalue weighted by Crippen LogP contribution is 2.22. The Hall–Kier alpha value is -1.66. The zero-order valence-electron chi connectivity index (χ0n) is 11.8. The average Bonchev–Trinajstić information content (AvgIpc) is 3.03. The molecule has 5 nitrogen and oxygen atoms in total. The number of aliphatic hydroxyl groups is 1. The topological polar surface area (TPSA) is 78.0 Å². The second-order valence-electron chi connectivity index (χ2n) is 5.08. The average molecular weight is 293 g/mol. The Morgan fingerprint density at radius 2 is 2.30 bits per heavy atom. The van der Waals surface area contributed by atoms with Gasteiger partial charge in [0.05, 0.1) is 16.8 Å². The summed E-state index contributed by atoms with van der Waals surface area (Å²) in [4.78, 5) is 19.3. The zero-order chi connectivity index (χ0) is 14.7. The van der Waals surface area contributed by atoms with Crippen molar-refractivity contribution in [3.8, 4) is 11.3 Å². The van der Waals surface area contributed by atoms with Crippen LogP contribution in [0.2, 0.25) is 0 Å². The maximum absolute atomic E-state index is 12.0. The molecule has 0 bridgehead atoms. The Labute approximate surface area is 122 Å². The SMILES string of the molecule is Cc1nc(-c2c[nH]c(C(=O)NCC(O)C(C)C)c2)cs1. The van der Waals surface area contributed by atoms with Crippen molar-refractivity contribution in [2.24, 2.45) is 5.92 Å². The van der Waals surface area contributed by atoms with Crippen molar-refractivity contribution in [1.29, 1.82) is 0 Å². The Morgan fingerprint density at radius 1 is 1.55 bits per heavy atom. The summed E-state index contributed by atoms with van der Waals surface area (Å²) in [6.07, 6.45) is 1.23. The minimum atomic E-state index is -0.533. The van der Waals surface area contributed by atoms with Gasteiger partial charge in [0.15, 0.2) is 0 Å². The van der Waals surface area contributed by atoms with Crippen LogP contribution in [0, 0.1) is 12.8 Å². The number of aromatic amines is 1. The number of hydrogen-bond donors (Lipinski definition) is 3. The molecule has 0 aliphatic heterocycles. The Bertz CT molecular complexity index is 589. The van der Waals surface area contributed by atoms with E-state index in [-0.39, 0.29) is 18.4 Å². The lowest BCUT2D eigenvalue weighted by molar-refractivity contribution is 0.0867. The fourth-order valence-corrected chi connectivity index (χ4v) is 2.32. The van der Waals surface area contributed by atoms with Gasteiger partial charge in [-0.2, -0.15) is 0 Å². The molecule has 0 saturated carbocycles. The van der Waals surface area contributed by atoms with Gasteiger partial charge in [0, 0.05) is 23.7 Å². The van der Waals surface area contributed by atoms with Crippen LogP contribution in [0.4, 0.5) is 0 Å². The van der Waals surface area contributed by atoms with Crippen LogP contribution in [0.15, 0.2) is 17.6 Å². The Balaban J connectivity index is 2.00. The molecular weight excluding hydrogens is 274 g/mol. The normalized spacial score (nSPS) is 12.7. The number of amides is 1. The standard InChI is InChI=1S/C14H19N3O2S/c1-8(2)13(18)6-16-14(19)11-4-10(5-15-11)12-7-20-9(3)17-12/h4-5,7-8,13,15,18H,6H2,1-3H3,(H,16,19). The van der Waals surface area contributed by atoms with Crippen LogP contribution in [-0.4, -0.2) is 33.6 Å². The van der Waals surface area contributed by atoms with Crippen molar-refractivity contribution in [3.05, 3.63) is 28.3 Å². The first kappa shape index (κ1) is 14.7. The number of thiazole rings is 1. The van der Waals surface area contributed by atoms with Crippen molar-refractivity contribution in [2.75, 3.05) is 6.54 Å². The molecule has 1 unspecified atom stereocenters. The summed E-state index contributed by atoms with van der Waals surface area (Å²) in [5.41, 5.74) is 2.23. The maximum atomic E-state index is 12.0. The molecule has 1 atom stereocenters. The molecule has 0 fully saturated rings. The molecule has 1 amide bonds. The lowest BCUT2D eigenvalue weighted by Crippen LogP contribution is -2.34. The summed E-state index contributed by atoms with van der Waals surface area (Å²) in [6.45, 7) is 6.02. The van der Waals surface area contributed by atoms with E-state index in [1.54, 1.807) is 23.6 Å². The third kappa shape index (κ3) is 3.46. The molecule has 2 heterocycles. The molecule has 6 heteroatoms. The van der Waals surface area contributed by atoms with E-state index in [0.717, 1.165) is 16.3 Å². The lowest BCUT2D eigenvalue weighted by Gasteiger charge is -2.14. The van der Waals surface area contributed by atoms with Crippen molar-refractivity contribution >= 4 is 17.2 Å². The van der Waals surface area contributed by atoms with E-state index in [4.69, 9.17) is 0 Å². The number of H-pyrrole nitrogens is 1. The van der Waals surface area contributed by atoms with Gasteiger partial charge in [0.1, 0.15) is 5.69 Å². The molecule has 20 heavy (non-hydrogen) atoms. The van der Waals surface area contributed by atoms with Gasteiger partial charge in [-0.25, -0.2) is 4.98 Å². The van der Waals surface area contributed by atoms with Crippen molar-refractivity contribution < 1.29 is 9.90 Å². The molecule has 0 saturated heterocycles. The minimum Gasteiger partial charge on any atom is -0.391 e. The minimum absolute atomic E-state index is 0.118. The quantitative estimate of drug-likeness (QED) is 0.790. The highest BCUT2D eigenvalue weighted by molar-refractivity contribution is 7.09. The van der Waals surface area contributed by atoms with Crippen molar-refractivity contribution in [1.82, 2.24) is 15.3 Å². The monoisotopic (exact) mass is 293 g/mol. The van der Waals surface area contributed by atoms with Gasteiger partial charge >= 0.3 is 0 Å². The highest BCUT2D eigenvalue weighted by Gasteiger charge is 2.14. The van der Waals surface area contributed by atoms with E-state index >= 15 is 0 Å². The zero-order valence-corrected chi connectivity index (χ0v) is 12.6. The van der Waals surface area contributed by atoms with Crippen molar-refractivity contribution in [3.63, 3.8) is 0 Å². The van der Waals surface area contributed by atoms with Crippen LogP contribution in [0.25, 0.3) is 11.3 Å². The molecule has 0 aliphatic carbocycles. The van der Waals surface area contributed by atoms with Gasteiger partial charge in [-0.05, 0) is 18.9 Å². The summed E-state index contributed by atoms with van der Waals surface area (Å²) in [5, 5.41) is 15.3. The summed E-state index contributed by atoms with van der Waals surface area (Å²) in [6, 6.07) is 1.77. The van der Waals surface area contributed by atoms with Gasteiger partial charge in [-0.15, -0.1) is 11.3 Å². The van der Waals surface area contributed by atoms with Gasteiger partial charge < -0.3 is 15.4 Å². The largest absolute Gasteiger partial charge is 0.391 e. The highest BCUT2D eigenvalue weighted by atomic mass is 32.1. The van der Waals surface area contributed by atoms with E-state index in [1.807, 2.05) is 26.2 Å². The number of nitrogens with zero attached hydrogens (tertiary/aromatic N) is 1. The fraction of sp³-hybridized carbons (Fsp3) is 0.429. The van der Waals surface area contributed by atoms with Crippen LogP contribution >= 0.6 is 11.3 Å². The molecule has 2 rings (SSSR count). The summed E-state index contributed by atoms with van der Waals surface area (Å²) in [7, 11) is 0. The van der Waals surface area contributed by atoms with E-state index in [0.29, 0.717) is 5.69 Å². The number of aliphatic hydroxyl groups excluding tert-OH is 1. The van der Waals surface area contributed by atoms with Gasteiger partial charge in [0.25, 0.3) is 5.91 Å². The van der Waals surface area contributed by atoms with E-state index in [9.17, 15) is 9.90 Å². The molecule has 2 aromatic rings. The molecule has 108 valence electrons. The summed E-state index contributed by atoms with van der Waals surface area (Å²) >= 11 is 1.58. The Kier molecular flexibility index (Phi) is 4.57. The van der Waals surface area contributed by atoms with E-state index in [1.165, 1.54) is 0 Å². The first-order chi connectivity index (χ1) is 9.47. The number of carbonyl (C=O) groups is 1. The van der Waals surface area contributed by atoms with Crippen molar-refractivity contribution in [2.45, 2.75) is 26.9 Å². The van der Waals surface area contributed by atoms with Crippen LogP contribution in [0.3, 0.4) is 0 Å². The van der Waals surface area contributed by atoms with Gasteiger partial charge in [0.2, 0.25) is 0 Å². The van der Waals surface area contributed by atoms with E-state index < -0.39 is 6.10 Å². The number of carbonyl (C=O) groups excluding carboxylic acids is 1. The number of rotatable bonds is 5. The smallest absolute Gasteiger partial charge is 0.267 e. The van der Waals surface area contributed by atoms with Crippen LogP contribution in [0.1, 0.15) is 29.3 Å². The summed E-state index contributed by atoms with van der Waals surface area (Å²) in [5.74, 6) is -0.101. The second kappa shape index (κ2) is 6.19.